The molecule has 0 aliphatic heterocycles. The average molecular weight is 321 g/mol. The van der Waals surface area contributed by atoms with Crippen LogP contribution in [0.1, 0.15) is 32.6 Å². The molecule has 1 unspecified atom stereocenters. The Morgan fingerprint density at radius 1 is 1.26 bits per heavy atom. The first-order chi connectivity index (χ1) is 11.1. The second-order valence-electron chi connectivity index (χ2n) is 4.96. The quantitative estimate of drug-likeness (QED) is 0.280. The number of aliphatic hydroxyl groups is 2. The first-order valence-corrected chi connectivity index (χ1v) is 7.62. The number of ether oxygens (including phenoxy) is 1. The molecule has 1 rings (SSSR count). The lowest BCUT2D eigenvalue weighted by atomic mass is 10.2. The summed E-state index contributed by atoms with van der Waals surface area (Å²) in [4.78, 5) is 23.0. The molecule has 23 heavy (non-hydrogen) atoms. The van der Waals surface area contributed by atoms with E-state index in [4.69, 9.17) is 14.9 Å². The van der Waals surface area contributed by atoms with Crippen molar-refractivity contribution in [3.05, 3.63) is 36.4 Å². The summed E-state index contributed by atoms with van der Waals surface area (Å²) in [6.45, 7) is 1.41. The number of unbranched alkanes of at least 4 members (excludes halogenated alkanes) is 1. The zero-order chi connectivity index (χ0) is 17.1. The van der Waals surface area contributed by atoms with Crippen molar-refractivity contribution in [1.29, 1.82) is 0 Å². The third-order valence-electron chi connectivity index (χ3n) is 2.98. The van der Waals surface area contributed by atoms with Crippen molar-refractivity contribution >= 4 is 17.6 Å². The fraction of sp³-hybridized carbons (Fsp3) is 0.412. The summed E-state index contributed by atoms with van der Waals surface area (Å²) in [5.74, 6) is -0.612. The minimum atomic E-state index is -1.46. The third-order valence-corrected chi connectivity index (χ3v) is 2.98. The SMILES string of the molecule is CC/C=C\CCCC(=O)Oc1ccc(NC(=O)C(O)CO)cc1. The van der Waals surface area contributed by atoms with Crippen LogP contribution in [0.5, 0.6) is 5.75 Å². The molecule has 0 aromatic heterocycles. The van der Waals surface area contributed by atoms with Gasteiger partial charge < -0.3 is 20.3 Å². The fourth-order valence-electron chi connectivity index (χ4n) is 1.75. The van der Waals surface area contributed by atoms with Gasteiger partial charge in [0, 0.05) is 12.1 Å². The molecule has 0 aliphatic carbocycles. The second kappa shape index (κ2) is 10.5. The first kappa shape index (κ1) is 18.9. The molecule has 3 N–H and O–H groups in total. The highest BCUT2D eigenvalue weighted by atomic mass is 16.5. The predicted molar refractivity (Wildman–Crippen MR) is 87.1 cm³/mol. The number of esters is 1. The maximum atomic E-state index is 11.7. The summed E-state index contributed by atoms with van der Waals surface area (Å²) in [7, 11) is 0. The van der Waals surface area contributed by atoms with E-state index >= 15 is 0 Å². The van der Waals surface area contributed by atoms with E-state index < -0.39 is 18.6 Å². The summed E-state index contributed by atoms with van der Waals surface area (Å²) >= 11 is 0. The minimum Gasteiger partial charge on any atom is -0.427 e. The molecular weight excluding hydrogens is 298 g/mol. The van der Waals surface area contributed by atoms with Crippen molar-refractivity contribution in [1.82, 2.24) is 0 Å². The number of benzene rings is 1. The van der Waals surface area contributed by atoms with E-state index in [1.54, 1.807) is 24.3 Å². The van der Waals surface area contributed by atoms with Crippen LogP contribution in [0.3, 0.4) is 0 Å². The molecule has 1 aromatic carbocycles. The van der Waals surface area contributed by atoms with E-state index in [2.05, 4.69) is 18.3 Å². The van der Waals surface area contributed by atoms with Gasteiger partial charge in [0.2, 0.25) is 0 Å². The number of rotatable bonds is 9. The third kappa shape index (κ3) is 7.58. The topological polar surface area (TPSA) is 95.9 Å². The van der Waals surface area contributed by atoms with Crippen LogP contribution in [-0.4, -0.2) is 34.8 Å². The largest absolute Gasteiger partial charge is 0.427 e. The van der Waals surface area contributed by atoms with Crippen LogP contribution in [0.15, 0.2) is 36.4 Å². The summed E-state index contributed by atoms with van der Waals surface area (Å²) in [6.07, 6.45) is 5.56. The summed E-state index contributed by atoms with van der Waals surface area (Å²) < 4.78 is 5.18. The number of aliphatic hydroxyl groups excluding tert-OH is 2. The Morgan fingerprint density at radius 2 is 1.96 bits per heavy atom. The van der Waals surface area contributed by atoms with Crippen LogP contribution < -0.4 is 10.1 Å². The number of hydrogen-bond donors (Lipinski definition) is 3. The van der Waals surface area contributed by atoms with Crippen LogP contribution in [0.25, 0.3) is 0 Å². The lowest BCUT2D eigenvalue weighted by Crippen LogP contribution is -2.30. The molecule has 6 nitrogen and oxygen atoms in total. The van der Waals surface area contributed by atoms with Gasteiger partial charge in [-0.3, -0.25) is 9.59 Å². The van der Waals surface area contributed by atoms with E-state index in [9.17, 15) is 9.59 Å². The van der Waals surface area contributed by atoms with Crippen LogP contribution >= 0.6 is 0 Å². The van der Waals surface area contributed by atoms with E-state index in [1.807, 2.05) is 6.08 Å². The van der Waals surface area contributed by atoms with Crippen molar-refractivity contribution in [2.75, 3.05) is 11.9 Å². The summed E-state index contributed by atoms with van der Waals surface area (Å²) in [5, 5.41) is 20.3. The highest BCUT2D eigenvalue weighted by molar-refractivity contribution is 5.94. The van der Waals surface area contributed by atoms with Crippen LogP contribution in [0, 0.1) is 0 Å². The van der Waals surface area contributed by atoms with Crippen molar-refractivity contribution < 1.29 is 24.5 Å². The van der Waals surface area contributed by atoms with Crippen molar-refractivity contribution in [2.24, 2.45) is 0 Å². The van der Waals surface area contributed by atoms with Gasteiger partial charge in [-0.25, -0.2) is 0 Å². The molecular formula is C17H23NO5. The number of nitrogens with one attached hydrogen (secondary N) is 1. The fourth-order valence-corrected chi connectivity index (χ4v) is 1.75. The lowest BCUT2D eigenvalue weighted by molar-refractivity contribution is -0.134. The molecule has 0 saturated carbocycles. The van der Waals surface area contributed by atoms with Gasteiger partial charge in [-0.15, -0.1) is 0 Å². The number of allylic oxidation sites excluding steroid dienone is 2. The van der Waals surface area contributed by atoms with E-state index in [0.717, 1.165) is 19.3 Å². The Hall–Kier alpha value is -2.18. The van der Waals surface area contributed by atoms with Crippen LogP contribution in [0.2, 0.25) is 0 Å². The van der Waals surface area contributed by atoms with Gasteiger partial charge in [-0.05, 0) is 43.5 Å². The number of amides is 1. The molecule has 0 radical (unpaired) electrons. The van der Waals surface area contributed by atoms with Gasteiger partial charge in [0.05, 0.1) is 6.61 Å². The average Bonchev–Trinajstić information content (AvgIpc) is 2.55. The number of hydrogen-bond acceptors (Lipinski definition) is 5. The summed E-state index contributed by atoms with van der Waals surface area (Å²) in [6, 6.07) is 6.20. The lowest BCUT2D eigenvalue weighted by Gasteiger charge is -2.09. The zero-order valence-electron chi connectivity index (χ0n) is 13.2. The molecule has 1 atom stereocenters. The Morgan fingerprint density at radius 3 is 2.57 bits per heavy atom. The van der Waals surface area contributed by atoms with Crippen LogP contribution in [0.4, 0.5) is 5.69 Å². The Balaban J connectivity index is 2.40. The Labute approximate surface area is 135 Å². The molecule has 126 valence electrons. The van der Waals surface area contributed by atoms with E-state index in [1.165, 1.54) is 0 Å². The number of anilines is 1. The van der Waals surface area contributed by atoms with Gasteiger partial charge >= 0.3 is 5.97 Å². The molecule has 0 fully saturated rings. The second-order valence-corrected chi connectivity index (χ2v) is 4.96. The van der Waals surface area contributed by atoms with E-state index in [-0.39, 0.29) is 5.97 Å². The van der Waals surface area contributed by atoms with Crippen molar-refractivity contribution in [3.63, 3.8) is 0 Å². The monoisotopic (exact) mass is 321 g/mol. The van der Waals surface area contributed by atoms with Gasteiger partial charge in [0.1, 0.15) is 5.75 Å². The normalized spacial score (nSPS) is 12.1. The standard InChI is InChI=1S/C17H23NO5/c1-2-3-4-5-6-7-16(21)23-14-10-8-13(9-11-14)18-17(22)15(20)12-19/h3-4,8-11,15,19-20H,2,5-7,12H2,1H3,(H,18,22)/b4-3-. The maximum absolute atomic E-state index is 11.7. The van der Waals surface area contributed by atoms with Gasteiger partial charge in [-0.1, -0.05) is 19.1 Å². The molecule has 6 heteroatoms. The maximum Gasteiger partial charge on any atom is 0.311 e. The molecule has 0 bridgehead atoms. The van der Waals surface area contributed by atoms with Gasteiger partial charge in [-0.2, -0.15) is 0 Å². The molecule has 1 aromatic rings. The molecule has 0 aliphatic rings. The summed E-state index contributed by atoms with van der Waals surface area (Å²) in [5.41, 5.74) is 0.437. The van der Waals surface area contributed by atoms with Crippen molar-refractivity contribution in [3.8, 4) is 5.75 Å². The molecule has 1 amide bonds. The number of carbonyl (C=O) groups excluding carboxylic acids is 2. The smallest absolute Gasteiger partial charge is 0.311 e. The first-order valence-electron chi connectivity index (χ1n) is 7.62. The molecule has 0 spiro atoms. The zero-order valence-corrected chi connectivity index (χ0v) is 13.2. The predicted octanol–water partition coefficient (Wildman–Crippen LogP) is 2.02. The van der Waals surface area contributed by atoms with Crippen LogP contribution in [-0.2, 0) is 9.59 Å². The molecule has 0 heterocycles. The van der Waals surface area contributed by atoms with Gasteiger partial charge in [0.25, 0.3) is 5.91 Å². The Bertz CT molecular complexity index is 524. The highest BCUT2D eigenvalue weighted by Crippen LogP contribution is 2.16. The van der Waals surface area contributed by atoms with Crippen molar-refractivity contribution in [2.45, 2.75) is 38.7 Å². The number of carbonyl (C=O) groups is 2. The Kier molecular flexibility index (Phi) is 8.64. The highest BCUT2D eigenvalue weighted by Gasteiger charge is 2.13. The van der Waals surface area contributed by atoms with E-state index in [0.29, 0.717) is 17.9 Å². The van der Waals surface area contributed by atoms with Gasteiger partial charge in [0.15, 0.2) is 6.10 Å². The minimum absolute atomic E-state index is 0.303. The molecule has 0 saturated heterocycles.